The summed E-state index contributed by atoms with van der Waals surface area (Å²) in [7, 11) is -1.74. The molecule has 0 aliphatic rings. The first kappa shape index (κ1) is 14.4. The van der Waals surface area contributed by atoms with E-state index < -0.39 is 9.84 Å². The molecule has 0 aliphatic heterocycles. The van der Waals surface area contributed by atoms with Crippen molar-refractivity contribution in [3.8, 4) is 11.5 Å². The molecule has 0 saturated heterocycles. The van der Waals surface area contributed by atoms with Crippen LogP contribution in [-0.2, 0) is 9.84 Å². The lowest BCUT2D eigenvalue weighted by atomic mass is 10.1. The molecule has 0 fully saturated rings. The summed E-state index contributed by atoms with van der Waals surface area (Å²) in [5, 5.41) is 1.02. The van der Waals surface area contributed by atoms with E-state index in [4.69, 9.17) is 15.2 Å². The molecule has 1 aromatic carbocycles. The van der Waals surface area contributed by atoms with Crippen LogP contribution in [0.25, 0.3) is 5.70 Å². The minimum atomic E-state index is -3.27. The summed E-state index contributed by atoms with van der Waals surface area (Å²) >= 11 is 0. The minimum absolute atomic E-state index is 0.168. The van der Waals surface area contributed by atoms with E-state index in [0.29, 0.717) is 23.7 Å². The summed E-state index contributed by atoms with van der Waals surface area (Å²) < 4.78 is 32.8. The van der Waals surface area contributed by atoms with Gasteiger partial charge in [0.15, 0.2) is 21.3 Å². The van der Waals surface area contributed by atoms with Gasteiger partial charge in [0.2, 0.25) is 0 Å². The molecule has 0 radical (unpaired) electrons. The van der Waals surface area contributed by atoms with Crippen molar-refractivity contribution in [2.24, 2.45) is 5.73 Å². The van der Waals surface area contributed by atoms with Gasteiger partial charge in [-0.2, -0.15) is 0 Å². The first-order chi connectivity index (χ1) is 8.37. The summed E-state index contributed by atoms with van der Waals surface area (Å²) in [6.45, 7) is 2.33. The molecule has 0 unspecified atom stereocenters. The Morgan fingerprint density at radius 1 is 1.39 bits per heavy atom. The number of ether oxygens (including phenoxy) is 2. The molecule has 2 N–H and O–H groups in total. The maximum atomic E-state index is 11.1. The number of nitrogens with two attached hydrogens (primary N) is 1. The fraction of sp³-hybridized carbons (Fsp3) is 0.333. The number of rotatable bonds is 5. The molecule has 6 heteroatoms. The topological polar surface area (TPSA) is 78.6 Å². The Hall–Kier alpha value is -1.69. The van der Waals surface area contributed by atoms with Gasteiger partial charge < -0.3 is 15.2 Å². The third-order valence-corrected chi connectivity index (χ3v) is 2.82. The van der Waals surface area contributed by atoms with Crippen LogP contribution in [0.3, 0.4) is 0 Å². The zero-order valence-corrected chi connectivity index (χ0v) is 11.5. The van der Waals surface area contributed by atoms with Gasteiger partial charge in [-0.1, -0.05) is 0 Å². The molecule has 1 rings (SSSR count). The molecule has 5 nitrogen and oxygen atoms in total. The van der Waals surface area contributed by atoms with Crippen LogP contribution in [0.15, 0.2) is 23.6 Å². The molecule has 0 atom stereocenters. The van der Waals surface area contributed by atoms with Crippen molar-refractivity contribution in [3.05, 3.63) is 29.2 Å². The number of hydrogen-bond donors (Lipinski definition) is 1. The SMILES string of the molecule is CCOc1cc(/C(N)=C/S(C)(=O)=O)ccc1OC. The van der Waals surface area contributed by atoms with Crippen molar-refractivity contribution in [1.29, 1.82) is 0 Å². The number of benzene rings is 1. The zero-order chi connectivity index (χ0) is 13.8. The Kier molecular flexibility index (Phi) is 4.61. The molecular formula is C12H17NO4S. The van der Waals surface area contributed by atoms with Gasteiger partial charge in [-0.25, -0.2) is 8.42 Å². The van der Waals surface area contributed by atoms with E-state index in [2.05, 4.69) is 0 Å². The molecule has 1 aromatic rings. The monoisotopic (exact) mass is 271 g/mol. The quantitative estimate of drug-likeness (QED) is 0.875. The lowest BCUT2D eigenvalue weighted by Crippen LogP contribution is -2.02. The van der Waals surface area contributed by atoms with Crippen molar-refractivity contribution in [2.45, 2.75) is 6.92 Å². The van der Waals surface area contributed by atoms with Gasteiger partial charge in [0.25, 0.3) is 0 Å². The van der Waals surface area contributed by atoms with Crippen molar-refractivity contribution in [2.75, 3.05) is 20.0 Å². The summed E-state index contributed by atoms with van der Waals surface area (Å²) in [5.74, 6) is 1.11. The van der Waals surface area contributed by atoms with Gasteiger partial charge in [0.05, 0.1) is 24.8 Å². The van der Waals surface area contributed by atoms with Gasteiger partial charge in [0, 0.05) is 11.8 Å². The van der Waals surface area contributed by atoms with Crippen molar-refractivity contribution >= 4 is 15.5 Å². The highest BCUT2D eigenvalue weighted by Crippen LogP contribution is 2.29. The summed E-state index contributed by atoms with van der Waals surface area (Å²) in [6, 6.07) is 5.01. The predicted molar refractivity (Wildman–Crippen MR) is 71.2 cm³/mol. The highest BCUT2D eigenvalue weighted by atomic mass is 32.2. The van der Waals surface area contributed by atoms with Crippen LogP contribution < -0.4 is 15.2 Å². The van der Waals surface area contributed by atoms with E-state index in [9.17, 15) is 8.42 Å². The molecule has 0 spiro atoms. The summed E-state index contributed by atoms with van der Waals surface area (Å²) in [6.07, 6.45) is 1.09. The van der Waals surface area contributed by atoms with E-state index in [1.165, 1.54) is 7.11 Å². The van der Waals surface area contributed by atoms with Crippen LogP contribution in [-0.4, -0.2) is 28.4 Å². The summed E-state index contributed by atoms with van der Waals surface area (Å²) in [4.78, 5) is 0. The molecule has 100 valence electrons. The number of hydrogen-bond acceptors (Lipinski definition) is 5. The predicted octanol–water partition coefficient (Wildman–Crippen LogP) is 1.40. The fourth-order valence-corrected chi connectivity index (χ4v) is 2.02. The lowest BCUT2D eigenvalue weighted by Gasteiger charge is -2.11. The van der Waals surface area contributed by atoms with Crippen molar-refractivity contribution < 1.29 is 17.9 Å². The van der Waals surface area contributed by atoms with Gasteiger partial charge in [-0.05, 0) is 25.1 Å². The molecule has 0 amide bonds. The lowest BCUT2D eigenvalue weighted by molar-refractivity contribution is 0.311. The van der Waals surface area contributed by atoms with Crippen LogP contribution in [0, 0.1) is 0 Å². The van der Waals surface area contributed by atoms with Crippen LogP contribution in [0.4, 0.5) is 0 Å². The Balaban J connectivity index is 3.19. The van der Waals surface area contributed by atoms with E-state index in [1.54, 1.807) is 18.2 Å². The highest BCUT2D eigenvalue weighted by Gasteiger charge is 2.08. The standard InChI is InChI=1S/C12H17NO4S/c1-4-17-12-7-9(5-6-11(12)16-2)10(13)8-18(3,14)15/h5-8H,4,13H2,1-3H3/b10-8-. The van der Waals surface area contributed by atoms with Gasteiger partial charge in [0.1, 0.15) is 0 Å². The molecule has 0 bridgehead atoms. The van der Waals surface area contributed by atoms with E-state index in [1.807, 2.05) is 6.92 Å². The zero-order valence-electron chi connectivity index (χ0n) is 10.6. The van der Waals surface area contributed by atoms with Crippen LogP contribution >= 0.6 is 0 Å². The Labute approximate surface area is 107 Å². The molecule has 18 heavy (non-hydrogen) atoms. The molecular weight excluding hydrogens is 254 g/mol. The molecule has 0 saturated carbocycles. The normalized spacial score (nSPS) is 12.3. The van der Waals surface area contributed by atoms with Crippen molar-refractivity contribution in [3.63, 3.8) is 0 Å². The third kappa shape index (κ3) is 3.96. The fourth-order valence-electron chi connectivity index (χ4n) is 1.42. The number of sulfone groups is 1. The van der Waals surface area contributed by atoms with Gasteiger partial charge in [-0.3, -0.25) is 0 Å². The van der Waals surface area contributed by atoms with Crippen molar-refractivity contribution in [1.82, 2.24) is 0 Å². The average molecular weight is 271 g/mol. The Morgan fingerprint density at radius 3 is 2.56 bits per heavy atom. The molecule has 0 aromatic heterocycles. The first-order valence-electron chi connectivity index (χ1n) is 5.35. The Bertz CT molecular complexity index is 549. The van der Waals surface area contributed by atoms with E-state index in [-0.39, 0.29) is 5.70 Å². The number of methoxy groups -OCH3 is 1. The maximum absolute atomic E-state index is 11.1. The highest BCUT2D eigenvalue weighted by molar-refractivity contribution is 7.93. The maximum Gasteiger partial charge on any atom is 0.170 e. The van der Waals surface area contributed by atoms with Crippen LogP contribution in [0.2, 0.25) is 0 Å². The first-order valence-corrected chi connectivity index (χ1v) is 7.31. The Morgan fingerprint density at radius 2 is 2.06 bits per heavy atom. The minimum Gasteiger partial charge on any atom is -0.493 e. The van der Waals surface area contributed by atoms with Gasteiger partial charge in [-0.15, -0.1) is 0 Å². The molecule has 0 aliphatic carbocycles. The van der Waals surface area contributed by atoms with Crippen LogP contribution in [0.1, 0.15) is 12.5 Å². The molecule has 0 heterocycles. The average Bonchev–Trinajstić information content (AvgIpc) is 2.27. The summed E-state index contributed by atoms with van der Waals surface area (Å²) in [5.41, 5.74) is 6.46. The second-order valence-electron chi connectivity index (χ2n) is 3.70. The smallest absolute Gasteiger partial charge is 0.170 e. The third-order valence-electron chi connectivity index (χ3n) is 2.14. The largest absolute Gasteiger partial charge is 0.493 e. The second-order valence-corrected chi connectivity index (χ2v) is 5.60. The second kappa shape index (κ2) is 5.77. The van der Waals surface area contributed by atoms with Crippen LogP contribution in [0.5, 0.6) is 11.5 Å². The van der Waals surface area contributed by atoms with E-state index in [0.717, 1.165) is 11.7 Å². The van der Waals surface area contributed by atoms with Gasteiger partial charge >= 0.3 is 0 Å². The van der Waals surface area contributed by atoms with E-state index >= 15 is 0 Å².